The van der Waals surface area contributed by atoms with Crippen molar-refractivity contribution in [2.24, 2.45) is 23.5 Å². The smallest absolute Gasteiger partial charge is 0.217 e. The van der Waals surface area contributed by atoms with Crippen molar-refractivity contribution in [2.45, 2.75) is 57.8 Å². The van der Waals surface area contributed by atoms with E-state index in [-0.39, 0.29) is 5.91 Å². The predicted molar refractivity (Wildman–Crippen MR) is 111 cm³/mol. The number of carbonyl (C=O) groups is 1. The fraction of sp³-hybridized carbons (Fsp3) is 0.545. The lowest BCUT2D eigenvalue weighted by atomic mass is 9.75. The van der Waals surface area contributed by atoms with Crippen LogP contribution >= 0.6 is 11.3 Å². The third-order valence-corrected chi connectivity index (χ3v) is 7.36. The van der Waals surface area contributed by atoms with Gasteiger partial charge in [-0.15, -0.1) is 11.3 Å². The molecule has 2 saturated carbocycles. The molecule has 144 valence electrons. The lowest BCUT2D eigenvalue weighted by Crippen LogP contribution is -2.21. The molecule has 3 N–H and O–H groups in total. The van der Waals surface area contributed by atoms with Crippen LogP contribution in [-0.4, -0.2) is 10.9 Å². The highest BCUT2D eigenvalue weighted by atomic mass is 32.1. The molecule has 3 unspecified atom stereocenters. The van der Waals surface area contributed by atoms with Crippen LogP contribution in [-0.2, 0) is 11.2 Å². The van der Waals surface area contributed by atoms with Crippen LogP contribution in [0.3, 0.4) is 0 Å². The molecule has 2 aliphatic carbocycles. The van der Waals surface area contributed by atoms with Crippen molar-refractivity contribution in [3.8, 4) is 0 Å². The number of nitrogens with two attached hydrogens (primary N) is 1. The Morgan fingerprint density at radius 1 is 1.30 bits per heavy atom. The zero-order valence-corrected chi connectivity index (χ0v) is 16.8. The number of aromatic nitrogens is 1. The van der Waals surface area contributed by atoms with Crippen molar-refractivity contribution < 1.29 is 4.79 Å². The lowest BCUT2D eigenvalue weighted by Gasteiger charge is -2.30. The molecule has 0 radical (unpaired) electrons. The van der Waals surface area contributed by atoms with Crippen LogP contribution in [0.5, 0.6) is 0 Å². The summed E-state index contributed by atoms with van der Waals surface area (Å²) in [6, 6.07) is 8.19. The Bertz CT molecular complexity index is 785. The van der Waals surface area contributed by atoms with Gasteiger partial charge < -0.3 is 11.1 Å². The quantitative estimate of drug-likeness (QED) is 0.687. The summed E-state index contributed by atoms with van der Waals surface area (Å²) in [4.78, 5) is 15.8. The van der Waals surface area contributed by atoms with Crippen LogP contribution < -0.4 is 11.1 Å². The Balaban J connectivity index is 1.40. The molecule has 1 aromatic carbocycles. The number of thiazole rings is 1. The molecule has 0 spiro atoms. The van der Waals surface area contributed by atoms with Crippen molar-refractivity contribution in [3.05, 3.63) is 40.9 Å². The second kappa shape index (κ2) is 8.01. The van der Waals surface area contributed by atoms with Gasteiger partial charge in [0.25, 0.3) is 0 Å². The average Bonchev–Trinajstić information content (AvgIpc) is 3.20. The van der Waals surface area contributed by atoms with Crippen molar-refractivity contribution in [1.29, 1.82) is 0 Å². The van der Waals surface area contributed by atoms with Gasteiger partial charge in [0.2, 0.25) is 5.91 Å². The molecule has 2 aliphatic rings. The van der Waals surface area contributed by atoms with E-state index in [1.807, 2.05) is 24.3 Å². The summed E-state index contributed by atoms with van der Waals surface area (Å²) in [7, 11) is 0. The molecule has 2 bridgehead atoms. The number of hydrogen-bond donors (Lipinski definition) is 2. The average molecular weight is 384 g/mol. The largest absolute Gasteiger partial charge is 0.370 e. The van der Waals surface area contributed by atoms with Gasteiger partial charge >= 0.3 is 0 Å². The fourth-order valence-corrected chi connectivity index (χ4v) is 6.12. The maximum atomic E-state index is 10.9. The highest BCUT2D eigenvalue weighted by Gasteiger charge is 2.45. The molecular weight excluding hydrogens is 354 g/mol. The van der Waals surface area contributed by atoms with Gasteiger partial charge in [-0.2, -0.15) is 0 Å². The number of carbonyl (C=O) groups excluding carboxylic acids is 1. The molecule has 0 aliphatic heterocycles. The van der Waals surface area contributed by atoms with Gasteiger partial charge in [-0.3, -0.25) is 4.79 Å². The van der Waals surface area contributed by atoms with E-state index in [1.54, 1.807) is 11.3 Å². The molecule has 4 nitrogen and oxygen atoms in total. The molecule has 2 aromatic rings. The Morgan fingerprint density at radius 3 is 2.81 bits per heavy atom. The van der Waals surface area contributed by atoms with E-state index < -0.39 is 0 Å². The van der Waals surface area contributed by atoms with Gasteiger partial charge in [0.15, 0.2) is 5.13 Å². The first-order valence-corrected chi connectivity index (χ1v) is 11.1. The fourth-order valence-electron chi connectivity index (χ4n) is 5.32. The summed E-state index contributed by atoms with van der Waals surface area (Å²) in [6.07, 6.45) is 7.95. The minimum atomic E-state index is -0.255. The first kappa shape index (κ1) is 18.5. The molecule has 4 rings (SSSR count). The van der Waals surface area contributed by atoms with Crippen molar-refractivity contribution in [1.82, 2.24) is 4.98 Å². The third kappa shape index (κ3) is 4.03. The number of aryl methyl sites for hydroxylation is 1. The second-order valence-electron chi connectivity index (χ2n) is 8.13. The van der Waals surface area contributed by atoms with E-state index in [2.05, 4.69) is 17.6 Å². The number of fused-ring (bicyclic) bond motifs is 2. The molecule has 1 heterocycles. The minimum Gasteiger partial charge on any atom is -0.370 e. The monoisotopic (exact) mass is 383 g/mol. The predicted octanol–water partition coefficient (Wildman–Crippen LogP) is 5.23. The standard InChI is InChI=1S/C22H29N3OS/c1-2-17-15-4-3-5-18(17)19(12-15)20-13-27-22(25-20)24-16-9-6-14(7-10-16)8-11-21(23)26/h6-7,9-10,13,15,17-19H,2-5,8,11-12H2,1H3,(H2,23,26)(H,24,25)/t15?,17?,18?,19-/m0/s1. The van der Waals surface area contributed by atoms with E-state index in [0.717, 1.165) is 34.1 Å². The summed E-state index contributed by atoms with van der Waals surface area (Å²) >= 11 is 1.71. The van der Waals surface area contributed by atoms with E-state index in [4.69, 9.17) is 10.7 Å². The number of amides is 1. The van der Waals surface area contributed by atoms with Crippen LogP contribution in [0.25, 0.3) is 0 Å². The van der Waals surface area contributed by atoms with Gasteiger partial charge in [0.05, 0.1) is 5.69 Å². The van der Waals surface area contributed by atoms with Crippen molar-refractivity contribution in [3.63, 3.8) is 0 Å². The first-order chi connectivity index (χ1) is 13.1. The van der Waals surface area contributed by atoms with Crippen LogP contribution in [0, 0.1) is 17.8 Å². The normalized spacial score (nSPS) is 26.9. The van der Waals surface area contributed by atoms with E-state index in [9.17, 15) is 4.79 Å². The Kier molecular flexibility index (Phi) is 5.48. The van der Waals surface area contributed by atoms with Crippen LogP contribution in [0.15, 0.2) is 29.6 Å². The van der Waals surface area contributed by atoms with E-state index in [1.165, 1.54) is 37.8 Å². The maximum absolute atomic E-state index is 10.9. The van der Waals surface area contributed by atoms with Gasteiger partial charge in [-0.1, -0.05) is 38.3 Å². The van der Waals surface area contributed by atoms with Gasteiger partial charge in [-0.05, 0) is 54.7 Å². The number of anilines is 2. The number of nitrogens with zero attached hydrogens (tertiary/aromatic N) is 1. The lowest BCUT2D eigenvalue weighted by molar-refractivity contribution is -0.117. The van der Waals surface area contributed by atoms with Crippen LogP contribution in [0.2, 0.25) is 0 Å². The van der Waals surface area contributed by atoms with E-state index >= 15 is 0 Å². The van der Waals surface area contributed by atoms with Gasteiger partial charge in [0, 0.05) is 23.4 Å². The molecule has 2 fully saturated rings. The minimum absolute atomic E-state index is 0.255. The molecule has 5 heteroatoms. The molecule has 1 aromatic heterocycles. The van der Waals surface area contributed by atoms with Crippen molar-refractivity contribution in [2.75, 3.05) is 5.32 Å². The summed E-state index contributed by atoms with van der Waals surface area (Å²) in [5.41, 5.74) is 8.68. The summed E-state index contributed by atoms with van der Waals surface area (Å²) < 4.78 is 0. The molecule has 27 heavy (non-hydrogen) atoms. The second-order valence-corrected chi connectivity index (χ2v) is 8.99. The highest BCUT2D eigenvalue weighted by molar-refractivity contribution is 7.13. The summed E-state index contributed by atoms with van der Waals surface area (Å²) in [5, 5.41) is 6.68. The topological polar surface area (TPSA) is 68.0 Å². The molecule has 4 atom stereocenters. The Labute approximate surface area is 165 Å². The number of nitrogens with one attached hydrogen (secondary N) is 1. The number of primary amides is 1. The zero-order valence-electron chi connectivity index (χ0n) is 16.0. The highest BCUT2D eigenvalue weighted by Crippen LogP contribution is 2.55. The number of benzene rings is 1. The maximum Gasteiger partial charge on any atom is 0.217 e. The summed E-state index contributed by atoms with van der Waals surface area (Å²) in [6.45, 7) is 2.36. The zero-order chi connectivity index (χ0) is 18.8. The summed E-state index contributed by atoms with van der Waals surface area (Å²) in [5.74, 6) is 3.08. The Hall–Kier alpha value is -1.88. The molecule has 0 saturated heterocycles. The third-order valence-electron chi connectivity index (χ3n) is 6.58. The SMILES string of the molecule is CCC1C2CCCC1[C@@H](c1csc(Nc3ccc(CCC(N)=O)cc3)n1)C2. The van der Waals surface area contributed by atoms with E-state index in [0.29, 0.717) is 18.8 Å². The molecular formula is C22H29N3OS. The molecule has 1 amide bonds. The van der Waals surface area contributed by atoms with Crippen LogP contribution in [0.1, 0.15) is 62.6 Å². The van der Waals surface area contributed by atoms with Crippen molar-refractivity contribution >= 4 is 28.1 Å². The van der Waals surface area contributed by atoms with Gasteiger partial charge in [0.1, 0.15) is 0 Å². The first-order valence-electron chi connectivity index (χ1n) is 10.2. The van der Waals surface area contributed by atoms with Gasteiger partial charge in [-0.25, -0.2) is 4.98 Å². The number of hydrogen-bond acceptors (Lipinski definition) is 4. The number of rotatable bonds is 7. The van der Waals surface area contributed by atoms with Crippen LogP contribution in [0.4, 0.5) is 10.8 Å². The Morgan fingerprint density at radius 2 is 2.11 bits per heavy atom.